The molecular weight excluding hydrogens is 220 g/mol. The normalized spacial score (nSPS) is 139. The van der Waals surface area contributed by atoms with Crippen LogP contribution in [0.5, 0.6) is 0 Å². The minimum atomic E-state index is -2.91. The molecule has 10 fully saturated rings. The first kappa shape index (κ1) is 5.45. The van der Waals surface area contributed by atoms with Gasteiger partial charge >= 0.3 is 80.1 Å². The number of fused-ring (bicyclic) bond motifs is 10. The Balaban J connectivity index is 1.88. The van der Waals surface area contributed by atoms with Crippen LogP contribution < -0.4 is 0 Å². The first-order chi connectivity index (χ1) is 7.05. The number of hydrogen-bond acceptors (Lipinski definition) is 0. The molecule has 0 N–H and O–H groups in total. The summed E-state index contributed by atoms with van der Waals surface area (Å²) in [6.45, 7) is 2.30. The van der Waals surface area contributed by atoms with Gasteiger partial charge in [-0.05, 0) is 0 Å². The second kappa shape index (κ2) is 0.381. The molecule has 15 heavy (non-hydrogen) atoms. The summed E-state index contributed by atoms with van der Waals surface area (Å²) >= 11 is 0. The number of rotatable bonds is 2. The Morgan fingerprint density at radius 1 is 0.733 bits per heavy atom. The van der Waals surface area contributed by atoms with Crippen molar-refractivity contribution in [3.8, 4) is 0 Å². The fourth-order valence-corrected chi connectivity index (χ4v) is 120. The van der Waals surface area contributed by atoms with Crippen LogP contribution in [0, 0.1) is 0 Å². The maximum absolute atomic E-state index is 2.91. The molecule has 80 valence electrons. The van der Waals surface area contributed by atoms with Crippen molar-refractivity contribution in [1.29, 1.82) is 0 Å². The molecule has 0 bridgehead atoms. The van der Waals surface area contributed by atoms with Gasteiger partial charge in [0.1, 0.15) is 0 Å². The summed E-state index contributed by atoms with van der Waals surface area (Å²) in [5.41, 5.74) is 0. The van der Waals surface area contributed by atoms with Crippen molar-refractivity contribution in [2.24, 2.45) is 0 Å². The molecule has 1 spiro atoms. The number of hydrogen-bond donors (Lipinski definition) is 0. The Labute approximate surface area is 80.2 Å². The van der Waals surface area contributed by atoms with Gasteiger partial charge in [0.2, 0.25) is 0 Å². The third-order valence-electron chi connectivity index (χ3n) is 18.7. The van der Waals surface area contributed by atoms with Gasteiger partial charge in [0.15, 0.2) is 0 Å². The van der Waals surface area contributed by atoms with E-state index in [-0.39, 0.29) is 0 Å². The molecule has 10 rings (SSSR count). The van der Waals surface area contributed by atoms with Gasteiger partial charge in [-0.3, -0.25) is 0 Å². The topological polar surface area (TPSA) is 0 Å². The van der Waals surface area contributed by atoms with E-state index in [0.29, 0.717) is 0 Å². The van der Waals surface area contributed by atoms with E-state index in [9.17, 15) is 0 Å². The molecular formula is C14H18Cr. The summed E-state index contributed by atoms with van der Waals surface area (Å²) in [5.74, 6) is 0. The van der Waals surface area contributed by atoms with Gasteiger partial charge in [-0.25, -0.2) is 0 Å². The van der Waals surface area contributed by atoms with Crippen molar-refractivity contribution in [2.45, 2.75) is 73.5 Å². The van der Waals surface area contributed by atoms with E-state index in [0.717, 1.165) is 0 Å². The van der Waals surface area contributed by atoms with E-state index in [1.165, 1.54) is 27.7 Å². The van der Waals surface area contributed by atoms with Gasteiger partial charge in [0.05, 0.1) is 0 Å². The second-order valence-electron chi connectivity index (χ2n) is 12.0. The van der Waals surface area contributed by atoms with Crippen molar-refractivity contribution in [3.05, 3.63) is 0 Å². The molecule has 10 saturated heterocycles. The van der Waals surface area contributed by atoms with E-state index >= 15 is 0 Å². The van der Waals surface area contributed by atoms with Crippen molar-refractivity contribution in [2.75, 3.05) is 0 Å². The average molecular weight is 238 g/mol. The summed E-state index contributed by atoms with van der Waals surface area (Å²) in [5, 5.41) is 0. The third-order valence-corrected chi connectivity index (χ3v) is 69.9. The van der Waals surface area contributed by atoms with Crippen LogP contribution in [0.25, 0.3) is 0 Å². The fraction of sp³-hybridized carbons (Fsp3) is 1.00. The Kier molecular flexibility index (Phi) is 0.139. The summed E-state index contributed by atoms with van der Waals surface area (Å²) in [4.78, 5) is 0. The monoisotopic (exact) mass is 238 g/mol. The Bertz CT molecular complexity index is 851. The van der Waals surface area contributed by atoms with Crippen LogP contribution in [0.2, 0.25) is 46.8 Å². The summed E-state index contributed by atoms with van der Waals surface area (Å²) in [7, 11) is 0. The van der Waals surface area contributed by atoms with Gasteiger partial charge in [0.25, 0.3) is 0 Å². The molecule has 0 aromatic heterocycles. The fourth-order valence-electron chi connectivity index (χ4n) is 22.6. The molecule has 0 aliphatic carbocycles. The summed E-state index contributed by atoms with van der Waals surface area (Å²) in [6.07, 6.45) is 3.36. The van der Waals surface area contributed by atoms with Gasteiger partial charge in [-0.15, -0.1) is 0 Å². The van der Waals surface area contributed by atoms with Crippen molar-refractivity contribution < 1.29 is 6.65 Å². The summed E-state index contributed by atoms with van der Waals surface area (Å²) in [6, 6.07) is 0. The molecule has 10 aliphatic heterocycles. The zero-order valence-corrected chi connectivity index (χ0v) is 10.7. The maximum atomic E-state index is 2.60. The second-order valence-corrected chi connectivity index (χ2v) is 39.0. The molecule has 0 nitrogen and oxygen atoms in total. The van der Waals surface area contributed by atoms with Crippen LogP contribution in [-0.2, 0) is 6.65 Å². The first-order valence-electron chi connectivity index (χ1n) is 7.57. The predicted molar refractivity (Wildman–Crippen MR) is 56.0 cm³/mol. The molecule has 0 amide bonds. The predicted octanol–water partition coefficient (Wildman–Crippen LogP) is 4.94. The quantitative estimate of drug-likeness (QED) is 0.639. The van der Waals surface area contributed by atoms with Crippen molar-refractivity contribution in [3.63, 3.8) is 0 Å². The molecule has 10 heterocycles. The third kappa shape index (κ3) is 0.0422. The minimum absolute atomic E-state index is 1.21. The zero-order chi connectivity index (χ0) is 9.35. The van der Waals surface area contributed by atoms with E-state index < -0.39 is 6.65 Å². The van der Waals surface area contributed by atoms with Crippen LogP contribution in [-0.4, -0.2) is 0 Å². The first-order valence-corrected chi connectivity index (χ1v) is 14.7. The van der Waals surface area contributed by atoms with Gasteiger partial charge in [-0.2, -0.15) is 0 Å². The van der Waals surface area contributed by atoms with Crippen LogP contribution in [0.1, 0.15) is 26.7 Å². The molecule has 0 aromatic rings. The molecule has 0 aromatic carbocycles. The Morgan fingerprint density at radius 2 is 1.07 bits per heavy atom. The molecule has 0 saturated carbocycles. The Morgan fingerprint density at radius 3 is 1.20 bits per heavy atom. The van der Waals surface area contributed by atoms with Crippen LogP contribution >= 0.6 is 0 Å². The molecule has 10 aliphatic rings. The van der Waals surface area contributed by atoms with Gasteiger partial charge in [0, 0.05) is 0 Å². The SMILES string of the molecule is CC[C]12[CH]3[CH]4[CH]5[CH]1[Cr]45321678[CH]2[CH]1[CH]6[C]7(CC)[CH]28. The molecule has 8 unspecified atom stereocenters. The van der Waals surface area contributed by atoms with Gasteiger partial charge in [-0.1, -0.05) is 0 Å². The van der Waals surface area contributed by atoms with E-state index in [1.807, 2.05) is 0 Å². The van der Waals surface area contributed by atoms with E-state index in [2.05, 4.69) is 13.8 Å². The van der Waals surface area contributed by atoms with E-state index in [1.54, 1.807) is 32.0 Å². The van der Waals surface area contributed by atoms with Crippen molar-refractivity contribution in [1.82, 2.24) is 0 Å². The van der Waals surface area contributed by atoms with Crippen LogP contribution in [0.15, 0.2) is 0 Å². The molecule has 1 heteroatoms. The average Bonchev–Trinajstić information content (AvgIpc) is 3.22. The van der Waals surface area contributed by atoms with Gasteiger partial charge < -0.3 is 0 Å². The standard InChI is InChI=1S/2C7H9.Cr/c2*1-2-7-5-3-4-6-7;/h2*3-6H,2H2,1H3;. The van der Waals surface area contributed by atoms with Crippen LogP contribution in [0.4, 0.5) is 0 Å². The van der Waals surface area contributed by atoms with Crippen molar-refractivity contribution >= 4 is 0 Å². The summed E-state index contributed by atoms with van der Waals surface area (Å²) < 4.78 is 14.8. The Hall–Kier alpha value is 0.532. The van der Waals surface area contributed by atoms with Crippen LogP contribution in [0.3, 0.4) is 0 Å². The molecule has 8 atom stereocenters. The van der Waals surface area contributed by atoms with E-state index in [4.69, 9.17) is 0 Å². The zero-order valence-electron chi connectivity index (χ0n) is 9.44. The molecule has 0 radical (unpaired) electrons.